The summed E-state index contributed by atoms with van der Waals surface area (Å²) in [5.41, 5.74) is 25.3. The van der Waals surface area contributed by atoms with Crippen LogP contribution in [0.25, 0.3) is 22.1 Å². The molecule has 0 saturated carbocycles. The van der Waals surface area contributed by atoms with Gasteiger partial charge in [-0.25, -0.2) is 0 Å². The van der Waals surface area contributed by atoms with Gasteiger partial charge in [0, 0.05) is 28.0 Å². The van der Waals surface area contributed by atoms with Crippen molar-refractivity contribution in [1.29, 1.82) is 0 Å². The molecule has 1 atom stereocenters. The van der Waals surface area contributed by atoms with Crippen LogP contribution in [-0.2, 0) is 32.5 Å². The number of rotatable bonds is 3. The third-order valence-corrected chi connectivity index (χ3v) is 17.7. The largest absolute Gasteiger partial charge is 0.468 e. The molecule has 0 N–H and O–H groups in total. The monoisotopic (exact) mass is 899 g/mol. The summed E-state index contributed by atoms with van der Waals surface area (Å²) in [6, 6.07) is 36.4. The van der Waals surface area contributed by atoms with Crippen LogP contribution in [0.15, 0.2) is 118 Å². The summed E-state index contributed by atoms with van der Waals surface area (Å²) in [5, 5.41) is 1.20. The average Bonchev–Trinajstić information content (AvgIpc) is 3.64. The standard InChI is InChI=1S/C64H75BN2O/c1-38-31-53-56-54(32-38)67(52-37-49-48(63(13,14)29-30-64(49,15)16)36-45(52)43-20-18-17-19-39(43)2)51-26-22-40(59(3,4)5)33-50(51)65(56)58-57(44-24-21-41(60(6,7)8)34-55(44)68-58)66(53)42-23-25-46-47(35-42)62(11,12)28-27-61(46,9)10/h17-26,32-37,53H,27-31H2,1-16H3. The first kappa shape index (κ1) is 45.2. The molecule has 2 aliphatic heterocycles. The van der Waals surface area contributed by atoms with Gasteiger partial charge in [-0.1, -0.05) is 151 Å². The van der Waals surface area contributed by atoms with Gasteiger partial charge >= 0.3 is 0 Å². The number of hydrogen-bond donors (Lipinski definition) is 0. The summed E-state index contributed by atoms with van der Waals surface area (Å²) < 4.78 is 7.57. The molecule has 0 amide bonds. The van der Waals surface area contributed by atoms with Gasteiger partial charge in [0.15, 0.2) is 0 Å². The van der Waals surface area contributed by atoms with E-state index < -0.39 is 0 Å². The molecular weight excluding hydrogens is 824 g/mol. The van der Waals surface area contributed by atoms with Crippen LogP contribution < -0.4 is 20.9 Å². The lowest BCUT2D eigenvalue weighted by Gasteiger charge is -2.50. The molecule has 0 bridgehead atoms. The Morgan fingerprint density at radius 1 is 0.588 bits per heavy atom. The Kier molecular flexibility index (Phi) is 9.75. The molecule has 3 nitrogen and oxygen atoms in total. The lowest BCUT2D eigenvalue weighted by molar-refractivity contribution is 0.332. The SMILES string of the molecule is CC1=CC2=C3B(c4cc(C(C)(C)C)ccc4N2c2cc4c(cc2-c2ccccc2C)C(C)(C)CCC4(C)C)c2oc4cc(C(C)(C)C)ccc4c2N(c2ccc4c(c2)C(C)(C)CCC4(C)C)C3C1. The van der Waals surface area contributed by atoms with Crippen LogP contribution in [0.3, 0.4) is 0 Å². The van der Waals surface area contributed by atoms with Crippen molar-refractivity contribution in [3.05, 3.63) is 153 Å². The van der Waals surface area contributed by atoms with E-state index in [1.54, 1.807) is 0 Å². The smallest absolute Gasteiger partial charge is 0.292 e. The second kappa shape index (κ2) is 14.7. The summed E-state index contributed by atoms with van der Waals surface area (Å²) in [4.78, 5) is 5.46. The molecule has 1 aromatic heterocycles. The Labute approximate surface area is 409 Å². The third kappa shape index (κ3) is 6.80. The highest BCUT2D eigenvalue weighted by Gasteiger charge is 2.52. The van der Waals surface area contributed by atoms with Crippen molar-refractivity contribution in [2.45, 2.75) is 181 Å². The second-order valence-corrected chi connectivity index (χ2v) is 26.5. The van der Waals surface area contributed by atoms with Gasteiger partial charge in [0.1, 0.15) is 5.58 Å². The molecule has 1 unspecified atom stereocenters. The van der Waals surface area contributed by atoms with Crippen molar-refractivity contribution in [2.24, 2.45) is 0 Å². The Morgan fingerprint density at radius 3 is 1.82 bits per heavy atom. The third-order valence-electron chi connectivity index (χ3n) is 17.7. The quantitative estimate of drug-likeness (QED) is 0.165. The molecule has 3 heterocycles. The number of anilines is 4. The zero-order valence-electron chi connectivity index (χ0n) is 44.2. The van der Waals surface area contributed by atoms with Gasteiger partial charge < -0.3 is 14.2 Å². The van der Waals surface area contributed by atoms with Crippen LogP contribution in [0, 0.1) is 6.92 Å². The van der Waals surface area contributed by atoms with Crippen molar-refractivity contribution in [1.82, 2.24) is 0 Å². The number of aryl methyl sites for hydroxylation is 1. The maximum atomic E-state index is 7.57. The van der Waals surface area contributed by atoms with Crippen molar-refractivity contribution in [3.8, 4) is 11.1 Å². The predicted octanol–water partition coefficient (Wildman–Crippen LogP) is 16.1. The molecule has 350 valence electrons. The number of benzene rings is 5. The summed E-state index contributed by atoms with van der Waals surface area (Å²) in [5.74, 6) is 0. The minimum atomic E-state index is -0.0625. The van der Waals surface area contributed by atoms with Gasteiger partial charge in [-0.2, -0.15) is 0 Å². The number of allylic oxidation sites excluding steroid dienone is 1. The molecule has 0 radical (unpaired) electrons. The van der Waals surface area contributed by atoms with Gasteiger partial charge in [0.05, 0.1) is 23.1 Å². The van der Waals surface area contributed by atoms with E-state index in [-0.39, 0.29) is 45.2 Å². The summed E-state index contributed by atoms with van der Waals surface area (Å²) in [6.45, 7) is 38.3. The van der Waals surface area contributed by atoms with E-state index in [0.717, 1.165) is 24.1 Å². The molecule has 0 fully saturated rings. The van der Waals surface area contributed by atoms with Crippen molar-refractivity contribution in [2.75, 3.05) is 9.80 Å². The lowest BCUT2D eigenvalue weighted by atomic mass is 9.33. The Hall–Kier alpha value is -5.22. The van der Waals surface area contributed by atoms with Crippen molar-refractivity contribution in [3.63, 3.8) is 0 Å². The van der Waals surface area contributed by atoms with Crippen LogP contribution in [0.4, 0.5) is 22.7 Å². The van der Waals surface area contributed by atoms with E-state index in [1.165, 1.54) is 120 Å². The fourth-order valence-electron chi connectivity index (χ4n) is 13.1. The van der Waals surface area contributed by atoms with Gasteiger partial charge in [-0.3, -0.25) is 0 Å². The van der Waals surface area contributed by atoms with E-state index in [0.29, 0.717) is 0 Å². The van der Waals surface area contributed by atoms with E-state index in [2.05, 4.69) is 218 Å². The summed E-state index contributed by atoms with van der Waals surface area (Å²) >= 11 is 0. The zero-order chi connectivity index (χ0) is 48.4. The van der Waals surface area contributed by atoms with E-state index in [9.17, 15) is 0 Å². The zero-order valence-corrected chi connectivity index (χ0v) is 44.2. The van der Waals surface area contributed by atoms with Crippen molar-refractivity contribution < 1.29 is 4.42 Å². The highest BCUT2D eigenvalue weighted by Crippen LogP contribution is 2.56. The average molecular weight is 899 g/mol. The topological polar surface area (TPSA) is 19.6 Å². The normalized spacial score (nSPS) is 20.9. The number of furan rings is 1. The van der Waals surface area contributed by atoms with E-state index in [1.807, 2.05) is 0 Å². The Balaban J connectivity index is 1.27. The molecule has 11 rings (SSSR count). The molecule has 6 aromatic rings. The maximum Gasteiger partial charge on any atom is 0.292 e. The molecule has 5 aromatic carbocycles. The van der Waals surface area contributed by atoms with Crippen LogP contribution in [0.1, 0.15) is 175 Å². The number of nitrogens with zero attached hydrogens (tertiary/aromatic N) is 2. The minimum absolute atomic E-state index is 0.0181. The first-order valence-electron chi connectivity index (χ1n) is 25.9. The molecule has 4 heteroatoms. The van der Waals surface area contributed by atoms with Crippen LogP contribution in [-0.4, -0.2) is 12.8 Å². The maximum absolute atomic E-state index is 7.57. The van der Waals surface area contributed by atoms with E-state index in [4.69, 9.17) is 4.42 Å². The number of hydrogen-bond acceptors (Lipinski definition) is 3. The predicted molar refractivity (Wildman–Crippen MR) is 292 cm³/mol. The first-order valence-corrected chi connectivity index (χ1v) is 25.9. The molecule has 0 spiro atoms. The Morgan fingerprint density at radius 2 is 1.18 bits per heavy atom. The molecular formula is C64H75BN2O. The highest BCUT2D eigenvalue weighted by molar-refractivity contribution is 6.93. The second-order valence-electron chi connectivity index (χ2n) is 26.5. The lowest BCUT2D eigenvalue weighted by Crippen LogP contribution is -2.61. The Bertz CT molecular complexity index is 3170. The van der Waals surface area contributed by atoms with Gasteiger partial charge in [-0.05, 0) is 182 Å². The van der Waals surface area contributed by atoms with Crippen LogP contribution in [0.5, 0.6) is 0 Å². The molecule has 3 aliphatic carbocycles. The molecule has 5 aliphatic rings. The first-order chi connectivity index (χ1) is 31.8. The minimum Gasteiger partial charge on any atom is -0.468 e. The summed E-state index contributed by atoms with van der Waals surface area (Å²) in [7, 11) is 0. The fourth-order valence-corrected chi connectivity index (χ4v) is 13.1. The summed E-state index contributed by atoms with van der Waals surface area (Å²) in [6.07, 6.45) is 8.19. The van der Waals surface area contributed by atoms with E-state index >= 15 is 0 Å². The number of fused-ring (bicyclic) bond motifs is 8. The van der Waals surface area contributed by atoms with Crippen molar-refractivity contribution >= 4 is 51.6 Å². The van der Waals surface area contributed by atoms with Crippen LogP contribution >= 0.6 is 0 Å². The fraction of sp³-hybridized carbons (Fsp3) is 0.438. The van der Waals surface area contributed by atoms with Gasteiger partial charge in [-0.15, -0.1) is 0 Å². The highest BCUT2D eigenvalue weighted by atomic mass is 16.3. The van der Waals surface area contributed by atoms with Gasteiger partial charge in [0.2, 0.25) is 0 Å². The van der Waals surface area contributed by atoms with Crippen LogP contribution in [0.2, 0.25) is 0 Å². The van der Waals surface area contributed by atoms with Gasteiger partial charge in [0.25, 0.3) is 6.71 Å². The molecule has 0 saturated heterocycles. The molecule has 68 heavy (non-hydrogen) atoms.